The van der Waals surface area contributed by atoms with Gasteiger partial charge in [0.15, 0.2) is 11.5 Å². The van der Waals surface area contributed by atoms with Crippen LogP contribution in [0.15, 0.2) is 30.3 Å². The zero-order valence-corrected chi connectivity index (χ0v) is 28.1. The summed E-state index contributed by atoms with van der Waals surface area (Å²) in [5, 5.41) is 21.2. The molecule has 3 heterocycles. The van der Waals surface area contributed by atoms with Crippen LogP contribution in [-0.4, -0.2) is 95.1 Å². The van der Waals surface area contributed by atoms with Gasteiger partial charge in [0.25, 0.3) is 5.91 Å². The predicted octanol–water partition coefficient (Wildman–Crippen LogP) is 5.42. The van der Waals surface area contributed by atoms with Crippen LogP contribution in [0.3, 0.4) is 0 Å². The summed E-state index contributed by atoms with van der Waals surface area (Å²) in [6.07, 6.45) is 7.00. The number of carbonyl (C=O) groups is 2. The number of hydrogen-bond acceptors (Lipinski definition) is 9. The number of rotatable bonds is 7. The third kappa shape index (κ3) is 8.80. The first kappa shape index (κ1) is 33.7. The average Bonchev–Trinajstić information content (AvgIpc) is 3.05. The van der Waals surface area contributed by atoms with E-state index in [1.807, 2.05) is 31.7 Å². The fourth-order valence-electron chi connectivity index (χ4n) is 6.63. The lowest BCUT2D eigenvalue weighted by Crippen LogP contribution is -2.52. The second kappa shape index (κ2) is 14.9. The molecule has 0 spiro atoms. The van der Waals surface area contributed by atoms with E-state index in [-0.39, 0.29) is 24.1 Å². The van der Waals surface area contributed by atoms with Crippen molar-refractivity contribution in [3.8, 4) is 11.8 Å². The predicted molar refractivity (Wildman–Crippen MR) is 176 cm³/mol. The summed E-state index contributed by atoms with van der Waals surface area (Å²) in [5.41, 5.74) is 0.273. The molecule has 3 fully saturated rings. The molecule has 0 radical (unpaired) electrons. The number of halogens is 1. The van der Waals surface area contributed by atoms with Gasteiger partial charge in [-0.15, -0.1) is 10.2 Å². The topological polar surface area (TPSA) is 124 Å². The third-order valence-corrected chi connectivity index (χ3v) is 9.63. The highest BCUT2D eigenvalue weighted by atomic mass is 35.5. The van der Waals surface area contributed by atoms with Crippen molar-refractivity contribution in [2.24, 2.45) is 0 Å². The van der Waals surface area contributed by atoms with Gasteiger partial charge in [0, 0.05) is 50.4 Å². The number of nitriles is 1. The summed E-state index contributed by atoms with van der Waals surface area (Å²) in [6, 6.07) is 11.8. The molecule has 2 aromatic rings. The fourth-order valence-corrected chi connectivity index (χ4v) is 6.85. The summed E-state index contributed by atoms with van der Waals surface area (Å²) < 4.78 is 11.6. The van der Waals surface area contributed by atoms with E-state index >= 15 is 0 Å². The maximum absolute atomic E-state index is 12.9. The summed E-state index contributed by atoms with van der Waals surface area (Å²) in [5.74, 6) is 1.24. The van der Waals surface area contributed by atoms with Crippen molar-refractivity contribution in [1.82, 2.24) is 25.3 Å². The Labute approximate surface area is 277 Å². The maximum Gasteiger partial charge on any atom is 0.410 e. The molecule has 1 saturated carbocycles. The van der Waals surface area contributed by atoms with Crippen molar-refractivity contribution in [3.63, 3.8) is 0 Å². The number of nitrogens with one attached hydrogen (secondary N) is 1. The molecule has 2 saturated heterocycles. The van der Waals surface area contributed by atoms with Crippen LogP contribution in [0.1, 0.15) is 88.2 Å². The highest BCUT2D eigenvalue weighted by molar-refractivity contribution is 6.31. The number of ether oxygens (including phenoxy) is 2. The normalized spacial score (nSPS) is 21.5. The highest BCUT2D eigenvalue weighted by Gasteiger charge is 2.32. The van der Waals surface area contributed by atoms with Crippen molar-refractivity contribution in [2.75, 3.05) is 38.1 Å². The molecular formula is C34H46ClN7O4. The van der Waals surface area contributed by atoms with Gasteiger partial charge in [-0.3, -0.25) is 4.79 Å². The van der Waals surface area contributed by atoms with Crippen LogP contribution in [-0.2, 0) is 4.74 Å². The van der Waals surface area contributed by atoms with Crippen LogP contribution < -0.4 is 15.0 Å². The molecule has 46 heavy (non-hydrogen) atoms. The van der Waals surface area contributed by atoms with Crippen molar-refractivity contribution in [1.29, 1.82) is 5.26 Å². The molecule has 0 unspecified atom stereocenters. The van der Waals surface area contributed by atoms with Gasteiger partial charge in [0.2, 0.25) is 0 Å². The average molecular weight is 652 g/mol. The van der Waals surface area contributed by atoms with Crippen molar-refractivity contribution < 1.29 is 19.1 Å². The summed E-state index contributed by atoms with van der Waals surface area (Å²) in [4.78, 5) is 31.9. The second-order valence-corrected chi connectivity index (χ2v) is 14.1. The Balaban J connectivity index is 1.02. The van der Waals surface area contributed by atoms with E-state index < -0.39 is 5.60 Å². The summed E-state index contributed by atoms with van der Waals surface area (Å²) >= 11 is 6.13. The zero-order valence-electron chi connectivity index (χ0n) is 27.4. The van der Waals surface area contributed by atoms with Crippen LogP contribution in [0.4, 0.5) is 10.6 Å². The molecule has 3 aliphatic rings. The number of likely N-dealkylation sites (tertiary alicyclic amines) is 1. The van der Waals surface area contributed by atoms with E-state index in [2.05, 4.69) is 38.4 Å². The molecule has 2 aliphatic heterocycles. The van der Waals surface area contributed by atoms with E-state index in [1.54, 1.807) is 24.3 Å². The Morgan fingerprint density at radius 3 is 2.17 bits per heavy atom. The molecule has 0 atom stereocenters. The van der Waals surface area contributed by atoms with Gasteiger partial charge in [-0.2, -0.15) is 5.26 Å². The Kier molecular flexibility index (Phi) is 10.9. The molecule has 248 valence electrons. The molecule has 0 bridgehead atoms. The smallest absolute Gasteiger partial charge is 0.410 e. The van der Waals surface area contributed by atoms with Gasteiger partial charge >= 0.3 is 6.09 Å². The van der Waals surface area contributed by atoms with Crippen LogP contribution in [0, 0.1) is 11.3 Å². The van der Waals surface area contributed by atoms with Gasteiger partial charge in [-0.25, -0.2) is 4.79 Å². The van der Waals surface area contributed by atoms with Crippen molar-refractivity contribution in [3.05, 3.63) is 46.6 Å². The number of amides is 2. The summed E-state index contributed by atoms with van der Waals surface area (Å²) in [6.45, 7) is 8.92. The number of hydrogen-bond donors (Lipinski definition) is 1. The van der Waals surface area contributed by atoms with Crippen LogP contribution in [0.5, 0.6) is 5.75 Å². The Morgan fingerprint density at radius 2 is 1.61 bits per heavy atom. The number of piperidine rings is 2. The monoisotopic (exact) mass is 651 g/mol. The molecule has 2 amide bonds. The lowest BCUT2D eigenvalue weighted by molar-refractivity contribution is 0.0125. The molecule has 1 aromatic carbocycles. The first-order chi connectivity index (χ1) is 22.0. The quantitative estimate of drug-likeness (QED) is 0.418. The largest absolute Gasteiger partial charge is 0.490 e. The van der Waals surface area contributed by atoms with Gasteiger partial charge in [-0.1, -0.05) is 11.6 Å². The number of nitrogens with zero attached hydrogens (tertiary/aromatic N) is 6. The number of carbonyl (C=O) groups excluding carboxylic acids is 2. The minimum Gasteiger partial charge on any atom is -0.490 e. The Morgan fingerprint density at radius 1 is 0.957 bits per heavy atom. The van der Waals surface area contributed by atoms with Gasteiger partial charge in [0.1, 0.15) is 17.4 Å². The third-order valence-electron chi connectivity index (χ3n) is 9.31. The Bertz CT molecular complexity index is 1390. The molecule has 12 heteroatoms. The van der Waals surface area contributed by atoms with Crippen LogP contribution >= 0.6 is 11.6 Å². The highest BCUT2D eigenvalue weighted by Crippen LogP contribution is 2.28. The minimum absolute atomic E-state index is 0.0392. The van der Waals surface area contributed by atoms with E-state index in [9.17, 15) is 9.59 Å². The number of anilines is 1. The van der Waals surface area contributed by atoms with Gasteiger partial charge < -0.3 is 29.5 Å². The second-order valence-electron chi connectivity index (χ2n) is 13.7. The first-order valence-electron chi connectivity index (χ1n) is 16.4. The van der Waals surface area contributed by atoms with Crippen LogP contribution in [0.2, 0.25) is 5.02 Å². The maximum atomic E-state index is 12.9. The van der Waals surface area contributed by atoms with Crippen molar-refractivity contribution >= 4 is 29.4 Å². The lowest BCUT2D eigenvalue weighted by atomic mass is 9.93. The first-order valence-corrected chi connectivity index (χ1v) is 16.8. The van der Waals surface area contributed by atoms with Crippen molar-refractivity contribution in [2.45, 2.75) is 102 Å². The molecule has 11 nitrogen and oxygen atoms in total. The molecule has 1 aliphatic carbocycles. The molecule has 1 aromatic heterocycles. The molecule has 1 N–H and O–H groups in total. The van der Waals surface area contributed by atoms with E-state index in [4.69, 9.17) is 26.3 Å². The summed E-state index contributed by atoms with van der Waals surface area (Å²) in [7, 11) is 2.21. The molecule has 5 rings (SSSR count). The van der Waals surface area contributed by atoms with Gasteiger partial charge in [-0.05, 0) is 103 Å². The number of benzene rings is 1. The van der Waals surface area contributed by atoms with E-state index in [1.165, 1.54) is 0 Å². The fraction of sp³-hybridized carbons (Fsp3) is 0.618. The number of aromatic nitrogens is 2. The lowest BCUT2D eigenvalue weighted by Gasteiger charge is -2.43. The Hall–Kier alpha value is -3.62. The standard InChI is InChI=1S/C34H46ClN7O4/c1-34(2,3)46-33(44)42-19-15-26(16-20-42)40(4)25-13-17-41(18-14-25)31-12-11-30(38-39-31)32(43)37-24-6-9-27(10-7-24)45-28-8-5-23(22-36)29(35)21-28/h5,8,11-12,21,24-27H,6-7,9-10,13-20H2,1-4H3,(H,37,43)/t24-,27-. The molecular weight excluding hydrogens is 606 g/mol. The van der Waals surface area contributed by atoms with E-state index in [0.717, 1.165) is 83.4 Å². The van der Waals surface area contributed by atoms with E-state index in [0.29, 0.717) is 34.1 Å². The minimum atomic E-state index is -0.474. The SMILES string of the molecule is CN(C1CCN(C(=O)OC(C)(C)C)CC1)C1CCN(c2ccc(C(=O)N[C@H]3CC[C@H](Oc4ccc(C#N)c(Cl)c4)CC3)nn2)CC1. The van der Waals surface area contributed by atoms with Crippen LogP contribution in [0.25, 0.3) is 0 Å². The zero-order chi connectivity index (χ0) is 32.8. The van der Waals surface area contributed by atoms with Gasteiger partial charge in [0.05, 0.1) is 16.7 Å².